The van der Waals surface area contributed by atoms with Gasteiger partial charge in [-0.25, -0.2) is 4.39 Å². The van der Waals surface area contributed by atoms with Crippen molar-refractivity contribution < 1.29 is 4.39 Å². The van der Waals surface area contributed by atoms with Crippen molar-refractivity contribution in [2.45, 2.75) is 32.2 Å². The smallest absolute Gasteiger partial charge is 0.126 e. The summed E-state index contributed by atoms with van der Waals surface area (Å²) < 4.78 is 13.0. The van der Waals surface area contributed by atoms with Crippen molar-refractivity contribution >= 4 is 12.4 Å². The van der Waals surface area contributed by atoms with Gasteiger partial charge in [-0.15, -0.1) is 12.4 Å². The molecule has 1 N–H and O–H groups in total. The molecule has 0 aliphatic carbocycles. The van der Waals surface area contributed by atoms with Crippen molar-refractivity contribution in [3.63, 3.8) is 0 Å². The van der Waals surface area contributed by atoms with E-state index in [9.17, 15) is 4.39 Å². The van der Waals surface area contributed by atoms with Gasteiger partial charge in [-0.05, 0) is 43.5 Å². The van der Waals surface area contributed by atoms with Gasteiger partial charge in [-0.3, -0.25) is 0 Å². The first-order chi connectivity index (χ1) is 6.77. The van der Waals surface area contributed by atoms with E-state index in [1.165, 1.54) is 24.8 Å². The topological polar surface area (TPSA) is 12.0 Å². The largest absolute Gasteiger partial charge is 0.310 e. The van der Waals surface area contributed by atoms with Gasteiger partial charge in [0.25, 0.3) is 0 Å². The van der Waals surface area contributed by atoms with Gasteiger partial charge < -0.3 is 5.32 Å². The highest BCUT2D eigenvalue weighted by molar-refractivity contribution is 5.85. The molecule has 0 unspecified atom stereocenters. The summed E-state index contributed by atoms with van der Waals surface area (Å²) in [6.45, 7) is 2.91. The average molecular weight is 230 g/mol. The maximum Gasteiger partial charge on any atom is 0.126 e. The van der Waals surface area contributed by atoms with Crippen LogP contribution in [0.2, 0.25) is 0 Å². The lowest BCUT2D eigenvalue weighted by Gasteiger charge is -2.24. The number of hydrogen-bond donors (Lipinski definition) is 1. The normalized spacial score (nSPS) is 20.8. The Kier molecular flexibility index (Phi) is 4.55. The Morgan fingerprint density at radius 2 is 2.13 bits per heavy atom. The first kappa shape index (κ1) is 12.5. The summed E-state index contributed by atoms with van der Waals surface area (Å²) in [5, 5.41) is 3.46. The number of halogens is 2. The van der Waals surface area contributed by atoms with Crippen LogP contribution in [0.1, 0.15) is 36.4 Å². The summed E-state index contributed by atoms with van der Waals surface area (Å²) >= 11 is 0. The van der Waals surface area contributed by atoms with E-state index in [0.29, 0.717) is 6.04 Å². The van der Waals surface area contributed by atoms with Crippen LogP contribution < -0.4 is 5.32 Å². The SMILES string of the molecule is Cc1cc([C@H]2CCCCN2)ccc1F.Cl. The first-order valence-corrected chi connectivity index (χ1v) is 5.27. The molecule has 3 heteroatoms. The van der Waals surface area contributed by atoms with Crippen LogP contribution in [-0.2, 0) is 0 Å². The van der Waals surface area contributed by atoms with Crippen LogP contribution in [0, 0.1) is 12.7 Å². The number of hydrogen-bond acceptors (Lipinski definition) is 1. The average Bonchev–Trinajstić information content (AvgIpc) is 2.23. The van der Waals surface area contributed by atoms with Crippen LogP contribution in [0.15, 0.2) is 18.2 Å². The van der Waals surface area contributed by atoms with Gasteiger partial charge in [0.2, 0.25) is 0 Å². The molecule has 1 heterocycles. The number of rotatable bonds is 1. The Hall–Kier alpha value is -0.600. The van der Waals surface area contributed by atoms with E-state index in [0.717, 1.165) is 12.1 Å². The number of aryl methyl sites for hydroxylation is 1. The second-order valence-corrected chi connectivity index (χ2v) is 4.01. The highest BCUT2D eigenvalue weighted by atomic mass is 35.5. The van der Waals surface area contributed by atoms with Crippen LogP contribution in [0.5, 0.6) is 0 Å². The minimum Gasteiger partial charge on any atom is -0.310 e. The van der Waals surface area contributed by atoms with Gasteiger partial charge in [0, 0.05) is 6.04 Å². The van der Waals surface area contributed by atoms with Crippen molar-refractivity contribution in [3.05, 3.63) is 35.1 Å². The maximum atomic E-state index is 13.0. The lowest BCUT2D eigenvalue weighted by atomic mass is 9.96. The molecule has 84 valence electrons. The zero-order chi connectivity index (χ0) is 9.97. The minimum atomic E-state index is -0.107. The van der Waals surface area contributed by atoms with E-state index in [4.69, 9.17) is 0 Å². The summed E-state index contributed by atoms with van der Waals surface area (Å²) in [4.78, 5) is 0. The van der Waals surface area contributed by atoms with Crippen molar-refractivity contribution in [3.8, 4) is 0 Å². The Bertz CT molecular complexity index is 321. The lowest BCUT2D eigenvalue weighted by molar-refractivity contribution is 0.411. The Balaban J connectivity index is 0.00000112. The Morgan fingerprint density at radius 3 is 2.73 bits per heavy atom. The molecule has 1 fully saturated rings. The number of benzene rings is 1. The second-order valence-electron chi connectivity index (χ2n) is 4.01. The molecular weight excluding hydrogens is 213 g/mol. The van der Waals surface area contributed by atoms with Crippen molar-refractivity contribution in [2.75, 3.05) is 6.54 Å². The van der Waals surface area contributed by atoms with E-state index in [-0.39, 0.29) is 18.2 Å². The quantitative estimate of drug-likeness (QED) is 0.779. The number of nitrogens with one attached hydrogen (secondary N) is 1. The molecule has 1 atom stereocenters. The predicted molar refractivity (Wildman–Crippen MR) is 63.0 cm³/mol. The molecule has 1 aliphatic heterocycles. The first-order valence-electron chi connectivity index (χ1n) is 5.27. The molecule has 1 aromatic rings. The van der Waals surface area contributed by atoms with Gasteiger partial charge >= 0.3 is 0 Å². The fourth-order valence-electron chi connectivity index (χ4n) is 2.02. The molecule has 0 bridgehead atoms. The predicted octanol–water partition coefficient (Wildman–Crippen LogP) is 3.37. The van der Waals surface area contributed by atoms with Crippen LogP contribution in [0.4, 0.5) is 4.39 Å². The van der Waals surface area contributed by atoms with Gasteiger partial charge in [0.1, 0.15) is 5.82 Å². The molecule has 0 radical (unpaired) electrons. The zero-order valence-corrected chi connectivity index (χ0v) is 9.74. The van der Waals surface area contributed by atoms with Crippen molar-refractivity contribution in [2.24, 2.45) is 0 Å². The van der Waals surface area contributed by atoms with Gasteiger partial charge in [0.05, 0.1) is 0 Å². The van der Waals surface area contributed by atoms with Crippen molar-refractivity contribution in [1.29, 1.82) is 0 Å². The molecule has 1 nitrogen and oxygen atoms in total. The molecule has 1 aromatic carbocycles. The highest BCUT2D eigenvalue weighted by Crippen LogP contribution is 2.24. The molecule has 15 heavy (non-hydrogen) atoms. The summed E-state index contributed by atoms with van der Waals surface area (Å²) in [6, 6.07) is 5.85. The van der Waals surface area contributed by atoms with Gasteiger partial charge in [-0.2, -0.15) is 0 Å². The van der Waals surface area contributed by atoms with E-state index in [2.05, 4.69) is 5.32 Å². The Morgan fingerprint density at radius 1 is 1.33 bits per heavy atom. The zero-order valence-electron chi connectivity index (χ0n) is 8.92. The fraction of sp³-hybridized carbons (Fsp3) is 0.500. The summed E-state index contributed by atoms with van der Waals surface area (Å²) in [5.74, 6) is -0.107. The van der Waals surface area contributed by atoms with Gasteiger partial charge in [0.15, 0.2) is 0 Å². The van der Waals surface area contributed by atoms with E-state index in [1.807, 2.05) is 19.1 Å². The standard InChI is InChI=1S/C12H16FN.ClH/c1-9-8-10(5-6-11(9)13)12-4-2-3-7-14-12;/h5-6,8,12,14H,2-4,7H2,1H3;1H/t12-;/m1./s1. The molecule has 0 saturated carbocycles. The third kappa shape index (κ3) is 2.93. The van der Waals surface area contributed by atoms with Crippen LogP contribution >= 0.6 is 12.4 Å². The maximum absolute atomic E-state index is 13.0. The number of piperidine rings is 1. The van der Waals surface area contributed by atoms with Gasteiger partial charge in [-0.1, -0.05) is 18.6 Å². The lowest BCUT2D eigenvalue weighted by Crippen LogP contribution is -2.26. The van der Waals surface area contributed by atoms with Crippen LogP contribution in [0.25, 0.3) is 0 Å². The third-order valence-corrected chi connectivity index (χ3v) is 2.89. The minimum absolute atomic E-state index is 0. The fourth-order valence-corrected chi connectivity index (χ4v) is 2.02. The molecule has 0 spiro atoms. The van der Waals surface area contributed by atoms with Crippen LogP contribution in [-0.4, -0.2) is 6.54 Å². The molecular formula is C12H17ClFN. The monoisotopic (exact) mass is 229 g/mol. The van der Waals surface area contributed by atoms with Crippen LogP contribution in [0.3, 0.4) is 0 Å². The summed E-state index contributed by atoms with van der Waals surface area (Å²) in [7, 11) is 0. The summed E-state index contributed by atoms with van der Waals surface area (Å²) in [5.41, 5.74) is 1.97. The molecule has 2 rings (SSSR count). The summed E-state index contributed by atoms with van der Waals surface area (Å²) in [6.07, 6.45) is 3.70. The molecule has 1 aliphatic rings. The van der Waals surface area contributed by atoms with Crippen molar-refractivity contribution in [1.82, 2.24) is 5.32 Å². The Labute approximate surface area is 96.5 Å². The molecule has 0 amide bonds. The van der Waals surface area contributed by atoms with E-state index >= 15 is 0 Å². The highest BCUT2D eigenvalue weighted by Gasteiger charge is 2.14. The van der Waals surface area contributed by atoms with E-state index in [1.54, 1.807) is 6.07 Å². The molecule has 0 aromatic heterocycles. The third-order valence-electron chi connectivity index (χ3n) is 2.89. The molecule has 1 saturated heterocycles. The second kappa shape index (κ2) is 5.47. The van der Waals surface area contributed by atoms with E-state index < -0.39 is 0 Å².